The fourth-order valence-corrected chi connectivity index (χ4v) is 2.56. The summed E-state index contributed by atoms with van der Waals surface area (Å²) in [6.45, 7) is 10.7. The molecule has 1 aromatic rings. The molecule has 0 fully saturated rings. The van der Waals surface area contributed by atoms with Gasteiger partial charge in [0.2, 0.25) is 0 Å². The van der Waals surface area contributed by atoms with Crippen LogP contribution >= 0.6 is 0 Å². The summed E-state index contributed by atoms with van der Waals surface area (Å²) in [4.78, 5) is 4.81. The lowest BCUT2D eigenvalue weighted by Gasteiger charge is -2.17. The molecule has 2 rings (SSSR count). The van der Waals surface area contributed by atoms with E-state index in [1.165, 1.54) is 22.3 Å². The zero-order valence-electron chi connectivity index (χ0n) is 12.6. The standard InChI is InChI=1S/C18H23N/c1-13-9-8-12-15(13)17-11-7-6-10-16(17)14(2)19-18(3,4)5/h6-11H,12H2,1-5H3/b19-14+. The quantitative estimate of drug-likeness (QED) is 0.656. The van der Waals surface area contributed by atoms with Gasteiger partial charge in [-0.25, -0.2) is 0 Å². The van der Waals surface area contributed by atoms with Gasteiger partial charge in [0.05, 0.1) is 5.54 Å². The molecule has 0 N–H and O–H groups in total. The predicted molar refractivity (Wildman–Crippen MR) is 84.8 cm³/mol. The Morgan fingerprint density at radius 2 is 1.84 bits per heavy atom. The molecule has 0 bridgehead atoms. The number of allylic oxidation sites excluding steroid dienone is 4. The topological polar surface area (TPSA) is 12.4 Å². The van der Waals surface area contributed by atoms with E-state index in [-0.39, 0.29) is 5.54 Å². The number of benzene rings is 1. The van der Waals surface area contributed by atoms with Crippen molar-refractivity contribution in [2.24, 2.45) is 4.99 Å². The van der Waals surface area contributed by atoms with Crippen molar-refractivity contribution >= 4 is 11.3 Å². The van der Waals surface area contributed by atoms with Crippen molar-refractivity contribution in [3.63, 3.8) is 0 Å². The van der Waals surface area contributed by atoms with Crippen molar-refractivity contribution in [2.75, 3.05) is 0 Å². The van der Waals surface area contributed by atoms with Crippen LogP contribution < -0.4 is 0 Å². The second-order valence-corrected chi connectivity index (χ2v) is 6.18. The molecule has 0 saturated heterocycles. The van der Waals surface area contributed by atoms with Gasteiger partial charge in [-0.05, 0) is 57.7 Å². The Bertz CT molecular complexity index is 566. The van der Waals surface area contributed by atoms with Gasteiger partial charge in [-0.1, -0.05) is 36.4 Å². The van der Waals surface area contributed by atoms with Gasteiger partial charge < -0.3 is 0 Å². The van der Waals surface area contributed by atoms with Gasteiger partial charge in [0.1, 0.15) is 0 Å². The summed E-state index contributed by atoms with van der Waals surface area (Å²) in [7, 11) is 0. The Hall–Kier alpha value is -1.63. The zero-order chi connectivity index (χ0) is 14.0. The molecule has 1 aliphatic carbocycles. The first-order chi connectivity index (χ1) is 8.88. The van der Waals surface area contributed by atoms with E-state index in [2.05, 4.69) is 71.0 Å². The average molecular weight is 253 g/mol. The minimum absolute atomic E-state index is 0.0332. The van der Waals surface area contributed by atoms with Crippen molar-refractivity contribution in [1.29, 1.82) is 0 Å². The summed E-state index contributed by atoms with van der Waals surface area (Å²) in [6.07, 6.45) is 5.48. The van der Waals surface area contributed by atoms with Gasteiger partial charge in [-0.15, -0.1) is 0 Å². The summed E-state index contributed by atoms with van der Waals surface area (Å²) in [5, 5.41) is 0. The first-order valence-electron chi connectivity index (χ1n) is 6.91. The van der Waals surface area contributed by atoms with Gasteiger partial charge in [0.15, 0.2) is 0 Å². The third-order valence-corrected chi connectivity index (χ3v) is 3.31. The maximum atomic E-state index is 4.81. The highest BCUT2D eigenvalue weighted by molar-refractivity contribution is 6.03. The Balaban J connectivity index is 2.49. The van der Waals surface area contributed by atoms with E-state index >= 15 is 0 Å². The molecule has 19 heavy (non-hydrogen) atoms. The molecular formula is C18H23N. The molecule has 0 aromatic heterocycles. The van der Waals surface area contributed by atoms with Crippen molar-refractivity contribution in [2.45, 2.75) is 46.6 Å². The van der Waals surface area contributed by atoms with Crippen LogP contribution in [-0.4, -0.2) is 11.3 Å². The van der Waals surface area contributed by atoms with Gasteiger partial charge >= 0.3 is 0 Å². The molecule has 0 heterocycles. The van der Waals surface area contributed by atoms with Crippen molar-refractivity contribution in [1.82, 2.24) is 0 Å². The maximum Gasteiger partial charge on any atom is 0.0527 e. The van der Waals surface area contributed by atoms with Crippen LogP contribution in [0.2, 0.25) is 0 Å². The molecule has 0 saturated carbocycles. The fraction of sp³-hybridized carbons (Fsp3) is 0.389. The number of hydrogen-bond acceptors (Lipinski definition) is 1. The molecule has 0 spiro atoms. The number of nitrogens with zero attached hydrogens (tertiary/aromatic N) is 1. The second kappa shape index (κ2) is 5.16. The third-order valence-electron chi connectivity index (χ3n) is 3.31. The van der Waals surface area contributed by atoms with Crippen LogP contribution in [0.5, 0.6) is 0 Å². The lowest BCUT2D eigenvalue weighted by Crippen LogP contribution is -2.14. The Labute approximate surface area is 116 Å². The molecular weight excluding hydrogens is 230 g/mol. The van der Waals surface area contributed by atoms with E-state index in [0.29, 0.717) is 0 Å². The van der Waals surface area contributed by atoms with E-state index in [1.54, 1.807) is 0 Å². The van der Waals surface area contributed by atoms with Crippen molar-refractivity contribution in [3.05, 3.63) is 53.1 Å². The highest BCUT2D eigenvalue weighted by Crippen LogP contribution is 2.31. The normalized spacial score (nSPS) is 16.4. The largest absolute Gasteiger partial charge is 0.284 e. The molecule has 1 aliphatic rings. The molecule has 0 atom stereocenters. The first kappa shape index (κ1) is 13.8. The monoisotopic (exact) mass is 253 g/mol. The minimum atomic E-state index is -0.0332. The third kappa shape index (κ3) is 3.23. The Morgan fingerprint density at radius 3 is 2.42 bits per heavy atom. The highest BCUT2D eigenvalue weighted by Gasteiger charge is 2.15. The fourth-order valence-electron chi connectivity index (χ4n) is 2.56. The van der Waals surface area contributed by atoms with Crippen LogP contribution in [0.4, 0.5) is 0 Å². The lowest BCUT2D eigenvalue weighted by atomic mass is 9.94. The van der Waals surface area contributed by atoms with E-state index in [0.717, 1.165) is 12.1 Å². The van der Waals surface area contributed by atoms with Gasteiger partial charge in [0, 0.05) is 11.3 Å². The van der Waals surface area contributed by atoms with Crippen LogP contribution in [0, 0.1) is 0 Å². The van der Waals surface area contributed by atoms with E-state index in [9.17, 15) is 0 Å². The molecule has 1 nitrogen and oxygen atoms in total. The molecule has 0 radical (unpaired) electrons. The van der Waals surface area contributed by atoms with Crippen LogP contribution in [0.15, 0.2) is 47.0 Å². The zero-order valence-corrected chi connectivity index (χ0v) is 12.6. The molecule has 0 aliphatic heterocycles. The smallest absolute Gasteiger partial charge is 0.0527 e. The van der Waals surface area contributed by atoms with Crippen molar-refractivity contribution < 1.29 is 0 Å². The second-order valence-electron chi connectivity index (χ2n) is 6.18. The molecule has 100 valence electrons. The number of rotatable bonds is 2. The summed E-state index contributed by atoms with van der Waals surface area (Å²) < 4.78 is 0. The Morgan fingerprint density at radius 1 is 1.16 bits per heavy atom. The predicted octanol–water partition coefficient (Wildman–Crippen LogP) is 5.03. The first-order valence-corrected chi connectivity index (χ1v) is 6.91. The molecule has 0 amide bonds. The number of aliphatic imine (C=N–C) groups is 1. The highest BCUT2D eigenvalue weighted by atomic mass is 14.8. The molecule has 0 unspecified atom stereocenters. The van der Waals surface area contributed by atoms with Crippen LogP contribution in [0.1, 0.15) is 52.2 Å². The maximum absolute atomic E-state index is 4.81. The van der Waals surface area contributed by atoms with Crippen molar-refractivity contribution in [3.8, 4) is 0 Å². The van der Waals surface area contributed by atoms with Gasteiger partial charge in [-0.3, -0.25) is 4.99 Å². The van der Waals surface area contributed by atoms with Crippen LogP contribution in [0.25, 0.3) is 5.57 Å². The summed E-state index contributed by atoms with van der Waals surface area (Å²) >= 11 is 0. The van der Waals surface area contributed by atoms with E-state index < -0.39 is 0 Å². The van der Waals surface area contributed by atoms with Crippen LogP contribution in [-0.2, 0) is 0 Å². The molecule has 1 aromatic carbocycles. The summed E-state index contributed by atoms with van der Waals surface area (Å²) in [5.41, 5.74) is 6.48. The lowest BCUT2D eigenvalue weighted by molar-refractivity contribution is 0.584. The number of hydrogen-bond donors (Lipinski definition) is 0. The van der Waals surface area contributed by atoms with E-state index in [1.807, 2.05) is 0 Å². The summed E-state index contributed by atoms with van der Waals surface area (Å²) in [6, 6.07) is 8.60. The minimum Gasteiger partial charge on any atom is -0.284 e. The SMILES string of the molecule is CC1=C(c2ccccc2/C(C)=N/C(C)(C)C)CC=C1. The van der Waals surface area contributed by atoms with Gasteiger partial charge in [-0.2, -0.15) is 0 Å². The average Bonchev–Trinajstić information content (AvgIpc) is 2.73. The Kier molecular flexibility index (Phi) is 3.75. The van der Waals surface area contributed by atoms with E-state index in [4.69, 9.17) is 4.99 Å². The van der Waals surface area contributed by atoms with Gasteiger partial charge in [0.25, 0.3) is 0 Å². The summed E-state index contributed by atoms with van der Waals surface area (Å²) in [5.74, 6) is 0. The molecule has 1 heteroatoms. The van der Waals surface area contributed by atoms with Crippen LogP contribution in [0.3, 0.4) is 0 Å².